The van der Waals surface area contributed by atoms with Gasteiger partial charge in [0.1, 0.15) is 0 Å². The number of rotatable bonds is 4. The predicted octanol–water partition coefficient (Wildman–Crippen LogP) is 2.61. The second kappa shape index (κ2) is 6.27. The first kappa shape index (κ1) is 16.5. The third-order valence-corrected chi connectivity index (χ3v) is 6.79. The molecule has 4 nitrogen and oxygen atoms in total. The lowest BCUT2D eigenvalue weighted by Crippen LogP contribution is -2.43. The van der Waals surface area contributed by atoms with Gasteiger partial charge >= 0.3 is 0 Å². The van der Waals surface area contributed by atoms with Gasteiger partial charge < -0.3 is 5.32 Å². The van der Waals surface area contributed by atoms with Crippen LogP contribution in [0.1, 0.15) is 56.1 Å². The number of carbonyl (C=O) groups is 1. The summed E-state index contributed by atoms with van der Waals surface area (Å²) in [6.07, 6.45) is 2.29. The Morgan fingerprint density at radius 2 is 1.91 bits per heavy atom. The van der Waals surface area contributed by atoms with Crippen molar-refractivity contribution in [1.82, 2.24) is 5.32 Å². The molecule has 3 rings (SSSR count). The Balaban J connectivity index is 1.56. The van der Waals surface area contributed by atoms with Gasteiger partial charge in [-0.3, -0.25) is 4.79 Å². The number of hydrogen-bond donors (Lipinski definition) is 1. The molecule has 1 N–H and O–H groups in total. The van der Waals surface area contributed by atoms with Crippen LogP contribution >= 0.6 is 0 Å². The maximum Gasteiger partial charge on any atom is 0.223 e. The van der Waals surface area contributed by atoms with E-state index in [0.717, 1.165) is 12.8 Å². The highest BCUT2D eigenvalue weighted by atomic mass is 32.2. The number of nitrogens with one attached hydrogen (secondary N) is 1. The van der Waals surface area contributed by atoms with Crippen LogP contribution in [-0.2, 0) is 14.6 Å². The lowest BCUT2D eigenvalue weighted by molar-refractivity contribution is -0.123. The molecule has 1 amide bonds. The van der Waals surface area contributed by atoms with Gasteiger partial charge in [-0.25, -0.2) is 8.42 Å². The topological polar surface area (TPSA) is 63.2 Å². The number of benzene rings is 1. The van der Waals surface area contributed by atoms with Gasteiger partial charge in [-0.2, -0.15) is 0 Å². The second-order valence-corrected chi connectivity index (χ2v) is 9.46. The first-order chi connectivity index (χ1) is 10.9. The van der Waals surface area contributed by atoms with Crippen LogP contribution in [0.3, 0.4) is 0 Å². The highest BCUT2D eigenvalue weighted by Crippen LogP contribution is 2.47. The largest absolute Gasteiger partial charge is 0.352 e. The highest BCUT2D eigenvalue weighted by Gasteiger charge is 2.44. The molecule has 2 aliphatic rings. The van der Waals surface area contributed by atoms with Crippen molar-refractivity contribution in [3.63, 3.8) is 0 Å². The second-order valence-electron chi connectivity index (χ2n) is 7.23. The SMILES string of the molecule is CC(C)c1ccc([C@@H]2C[C@@H]2C(=O)N[C@H]2CCCS(=O)(=O)C2)cc1. The van der Waals surface area contributed by atoms with Crippen LogP contribution in [0.4, 0.5) is 0 Å². The average Bonchev–Trinajstić information content (AvgIpc) is 3.27. The van der Waals surface area contributed by atoms with E-state index in [1.54, 1.807) is 0 Å². The van der Waals surface area contributed by atoms with Crippen molar-refractivity contribution >= 4 is 15.7 Å². The maximum absolute atomic E-state index is 12.3. The van der Waals surface area contributed by atoms with E-state index >= 15 is 0 Å². The standard InChI is InChI=1S/C18H25NO3S/c1-12(2)13-5-7-14(8-6-13)16-10-17(16)18(20)19-15-4-3-9-23(21,22)11-15/h5-8,12,15-17H,3-4,9-11H2,1-2H3,(H,19,20)/t15-,16-,17-/m0/s1. The molecule has 0 radical (unpaired) electrons. The van der Waals surface area contributed by atoms with Crippen LogP contribution < -0.4 is 5.32 Å². The molecule has 1 aromatic rings. The Kier molecular flexibility index (Phi) is 4.50. The Bertz CT molecular complexity index is 679. The first-order valence-corrected chi connectivity index (χ1v) is 10.3. The van der Waals surface area contributed by atoms with Crippen LogP contribution in [0, 0.1) is 5.92 Å². The molecule has 0 bridgehead atoms. The smallest absolute Gasteiger partial charge is 0.223 e. The van der Waals surface area contributed by atoms with Gasteiger partial charge in [-0.1, -0.05) is 38.1 Å². The van der Waals surface area contributed by atoms with Gasteiger partial charge in [0.2, 0.25) is 5.91 Å². The van der Waals surface area contributed by atoms with Crippen LogP contribution in [0.25, 0.3) is 0 Å². The van der Waals surface area contributed by atoms with Crippen molar-refractivity contribution in [2.24, 2.45) is 5.92 Å². The minimum atomic E-state index is -2.98. The molecule has 23 heavy (non-hydrogen) atoms. The maximum atomic E-state index is 12.3. The zero-order valence-electron chi connectivity index (χ0n) is 13.8. The van der Waals surface area contributed by atoms with Crippen molar-refractivity contribution in [1.29, 1.82) is 0 Å². The molecule has 5 heteroatoms. The predicted molar refractivity (Wildman–Crippen MR) is 91.2 cm³/mol. The zero-order valence-corrected chi connectivity index (χ0v) is 14.6. The summed E-state index contributed by atoms with van der Waals surface area (Å²) in [5.41, 5.74) is 2.52. The minimum absolute atomic E-state index is 0.00420. The fraction of sp³-hybridized carbons (Fsp3) is 0.611. The molecular formula is C18H25NO3S. The van der Waals surface area contributed by atoms with Crippen LogP contribution in [-0.4, -0.2) is 31.9 Å². The lowest BCUT2D eigenvalue weighted by Gasteiger charge is -2.23. The molecule has 0 aromatic heterocycles. The Morgan fingerprint density at radius 1 is 1.22 bits per heavy atom. The number of hydrogen-bond acceptors (Lipinski definition) is 3. The molecule has 1 aliphatic carbocycles. The summed E-state index contributed by atoms with van der Waals surface area (Å²) in [4.78, 5) is 12.3. The summed E-state index contributed by atoms with van der Waals surface area (Å²) in [7, 11) is -2.98. The molecule has 1 saturated heterocycles. The van der Waals surface area contributed by atoms with Gasteiger partial charge in [0.05, 0.1) is 11.5 Å². The monoisotopic (exact) mass is 335 g/mol. The molecule has 1 saturated carbocycles. The molecule has 2 fully saturated rings. The van der Waals surface area contributed by atoms with Crippen molar-refractivity contribution < 1.29 is 13.2 Å². The molecule has 0 spiro atoms. The fourth-order valence-corrected chi connectivity index (χ4v) is 5.06. The quantitative estimate of drug-likeness (QED) is 0.920. The Hall–Kier alpha value is -1.36. The minimum Gasteiger partial charge on any atom is -0.352 e. The third-order valence-electron chi connectivity index (χ3n) is 4.97. The normalized spacial score (nSPS) is 29.3. The average molecular weight is 335 g/mol. The molecule has 3 atom stereocenters. The number of sulfone groups is 1. The van der Waals surface area contributed by atoms with Crippen molar-refractivity contribution in [3.05, 3.63) is 35.4 Å². The van der Waals surface area contributed by atoms with E-state index in [2.05, 4.69) is 43.4 Å². The molecule has 126 valence electrons. The van der Waals surface area contributed by atoms with Crippen molar-refractivity contribution in [3.8, 4) is 0 Å². The van der Waals surface area contributed by atoms with Gasteiger partial charge in [0.15, 0.2) is 9.84 Å². The summed E-state index contributed by atoms with van der Waals surface area (Å²) < 4.78 is 23.3. The van der Waals surface area contributed by atoms with E-state index in [9.17, 15) is 13.2 Å². The van der Waals surface area contributed by atoms with E-state index in [0.29, 0.717) is 12.3 Å². The van der Waals surface area contributed by atoms with Crippen LogP contribution in [0.15, 0.2) is 24.3 Å². The van der Waals surface area contributed by atoms with Crippen molar-refractivity contribution in [2.45, 2.75) is 51.0 Å². The number of amides is 1. The zero-order chi connectivity index (χ0) is 16.6. The number of carbonyl (C=O) groups excluding carboxylic acids is 1. The summed E-state index contributed by atoms with van der Waals surface area (Å²) in [6, 6.07) is 8.32. The lowest BCUT2D eigenvalue weighted by atomic mass is 10.00. The molecule has 0 unspecified atom stereocenters. The molecule has 1 heterocycles. The van der Waals surface area contributed by atoms with E-state index < -0.39 is 9.84 Å². The summed E-state index contributed by atoms with van der Waals surface area (Å²) in [6.45, 7) is 4.33. The van der Waals surface area contributed by atoms with Crippen molar-refractivity contribution in [2.75, 3.05) is 11.5 Å². The Morgan fingerprint density at radius 3 is 2.52 bits per heavy atom. The molecular weight excluding hydrogens is 310 g/mol. The van der Waals surface area contributed by atoms with Gasteiger partial charge in [-0.15, -0.1) is 0 Å². The third kappa shape index (κ3) is 3.94. The molecule has 1 aromatic carbocycles. The van der Waals surface area contributed by atoms with E-state index in [1.165, 1.54) is 11.1 Å². The first-order valence-electron chi connectivity index (χ1n) is 8.46. The van der Waals surface area contributed by atoms with Gasteiger partial charge in [0.25, 0.3) is 0 Å². The summed E-state index contributed by atoms with van der Waals surface area (Å²) >= 11 is 0. The van der Waals surface area contributed by atoms with E-state index in [4.69, 9.17) is 0 Å². The Labute approximate surface area is 138 Å². The highest BCUT2D eigenvalue weighted by molar-refractivity contribution is 7.91. The summed E-state index contributed by atoms with van der Waals surface area (Å²) in [5.74, 6) is 1.17. The van der Waals surface area contributed by atoms with E-state index in [-0.39, 0.29) is 35.3 Å². The van der Waals surface area contributed by atoms with Crippen LogP contribution in [0.5, 0.6) is 0 Å². The van der Waals surface area contributed by atoms with Gasteiger partial charge in [0, 0.05) is 12.0 Å². The molecule has 1 aliphatic heterocycles. The van der Waals surface area contributed by atoms with E-state index in [1.807, 2.05) is 0 Å². The summed E-state index contributed by atoms with van der Waals surface area (Å²) in [5, 5.41) is 2.95. The fourth-order valence-electron chi connectivity index (χ4n) is 3.43. The van der Waals surface area contributed by atoms with Gasteiger partial charge in [-0.05, 0) is 42.2 Å². The van der Waals surface area contributed by atoms with Crippen LogP contribution in [0.2, 0.25) is 0 Å².